The van der Waals surface area contributed by atoms with Crippen molar-refractivity contribution in [1.82, 2.24) is 0 Å². The standard InChI is InChI=1S/C16H28O3/c1-15(2)8-10-16(18-3,11-9-15)14(17)7-6-13-5-4-12-19-13/h13H,4-12H2,1-3H3. The summed E-state index contributed by atoms with van der Waals surface area (Å²) in [5, 5.41) is 0. The quantitative estimate of drug-likeness (QED) is 0.765. The molecule has 2 aliphatic rings. The number of rotatable bonds is 5. The van der Waals surface area contributed by atoms with Gasteiger partial charge in [-0.25, -0.2) is 0 Å². The zero-order valence-corrected chi connectivity index (χ0v) is 12.7. The van der Waals surface area contributed by atoms with Crippen molar-refractivity contribution in [3.8, 4) is 0 Å². The maximum atomic E-state index is 12.5. The van der Waals surface area contributed by atoms with Crippen LogP contribution in [0.4, 0.5) is 0 Å². The Labute approximate surface area is 117 Å². The number of carbonyl (C=O) groups excluding carboxylic acids is 1. The van der Waals surface area contributed by atoms with Crippen molar-refractivity contribution in [1.29, 1.82) is 0 Å². The Balaban J connectivity index is 1.87. The summed E-state index contributed by atoms with van der Waals surface area (Å²) in [4.78, 5) is 12.5. The average molecular weight is 268 g/mol. The summed E-state index contributed by atoms with van der Waals surface area (Å²) in [6.45, 7) is 5.43. The van der Waals surface area contributed by atoms with Gasteiger partial charge in [0.25, 0.3) is 0 Å². The minimum Gasteiger partial charge on any atom is -0.378 e. The Morgan fingerprint density at radius 2 is 1.95 bits per heavy atom. The van der Waals surface area contributed by atoms with Crippen molar-refractivity contribution in [2.45, 2.75) is 76.9 Å². The molecule has 0 aromatic heterocycles. The Morgan fingerprint density at radius 1 is 1.26 bits per heavy atom. The Hall–Kier alpha value is -0.410. The third-order valence-corrected chi connectivity index (χ3v) is 5.03. The molecule has 0 amide bonds. The molecule has 3 heteroatoms. The van der Waals surface area contributed by atoms with Gasteiger partial charge in [-0.05, 0) is 50.4 Å². The van der Waals surface area contributed by atoms with E-state index in [1.165, 1.54) is 0 Å². The van der Waals surface area contributed by atoms with Gasteiger partial charge in [0.2, 0.25) is 0 Å². The van der Waals surface area contributed by atoms with E-state index < -0.39 is 5.60 Å². The Morgan fingerprint density at radius 3 is 2.47 bits per heavy atom. The Kier molecular flexibility index (Phi) is 4.67. The van der Waals surface area contributed by atoms with Crippen molar-refractivity contribution in [3.63, 3.8) is 0 Å². The van der Waals surface area contributed by atoms with Crippen LogP contribution in [0.2, 0.25) is 0 Å². The van der Waals surface area contributed by atoms with Gasteiger partial charge in [0.15, 0.2) is 5.78 Å². The van der Waals surface area contributed by atoms with Gasteiger partial charge in [0, 0.05) is 20.1 Å². The fraction of sp³-hybridized carbons (Fsp3) is 0.938. The second-order valence-electron chi connectivity index (χ2n) is 6.96. The average Bonchev–Trinajstić information content (AvgIpc) is 2.90. The van der Waals surface area contributed by atoms with Crippen LogP contribution in [0.25, 0.3) is 0 Å². The van der Waals surface area contributed by atoms with Gasteiger partial charge in [0.05, 0.1) is 6.10 Å². The molecule has 1 aliphatic carbocycles. The number of ketones is 1. The molecule has 19 heavy (non-hydrogen) atoms. The summed E-state index contributed by atoms with van der Waals surface area (Å²) < 4.78 is 11.3. The third-order valence-electron chi connectivity index (χ3n) is 5.03. The van der Waals surface area contributed by atoms with Crippen LogP contribution in [0.15, 0.2) is 0 Å². The van der Waals surface area contributed by atoms with Gasteiger partial charge < -0.3 is 9.47 Å². The molecule has 3 nitrogen and oxygen atoms in total. The summed E-state index contributed by atoms with van der Waals surface area (Å²) in [5.74, 6) is 0.293. The summed E-state index contributed by atoms with van der Waals surface area (Å²) >= 11 is 0. The largest absolute Gasteiger partial charge is 0.378 e. The lowest BCUT2D eigenvalue weighted by atomic mass is 9.69. The third kappa shape index (κ3) is 3.57. The van der Waals surface area contributed by atoms with Gasteiger partial charge in [-0.2, -0.15) is 0 Å². The minimum atomic E-state index is -0.506. The highest BCUT2D eigenvalue weighted by atomic mass is 16.5. The van der Waals surface area contributed by atoms with Gasteiger partial charge in [-0.15, -0.1) is 0 Å². The zero-order chi connectivity index (χ0) is 13.9. The summed E-state index contributed by atoms with van der Waals surface area (Å²) in [6.07, 6.45) is 7.94. The smallest absolute Gasteiger partial charge is 0.164 e. The lowest BCUT2D eigenvalue weighted by Crippen LogP contribution is -2.45. The fourth-order valence-electron chi connectivity index (χ4n) is 3.32. The van der Waals surface area contributed by atoms with Crippen molar-refractivity contribution >= 4 is 5.78 Å². The molecular formula is C16H28O3. The number of ether oxygens (including phenoxy) is 2. The van der Waals surface area contributed by atoms with Crippen LogP contribution in [0.1, 0.15) is 65.2 Å². The minimum absolute atomic E-state index is 0.293. The second-order valence-corrected chi connectivity index (χ2v) is 6.96. The SMILES string of the molecule is COC1(C(=O)CCC2CCCO2)CCC(C)(C)CC1. The molecular weight excluding hydrogens is 240 g/mol. The highest BCUT2D eigenvalue weighted by Crippen LogP contribution is 2.42. The normalized spacial score (nSPS) is 29.3. The molecule has 0 aromatic carbocycles. The second kappa shape index (κ2) is 5.92. The molecule has 2 rings (SSSR count). The molecule has 1 atom stereocenters. The lowest BCUT2D eigenvalue weighted by Gasteiger charge is -2.41. The zero-order valence-electron chi connectivity index (χ0n) is 12.7. The molecule has 0 N–H and O–H groups in total. The van der Waals surface area contributed by atoms with Gasteiger partial charge in [-0.3, -0.25) is 4.79 Å². The van der Waals surface area contributed by atoms with Crippen LogP contribution < -0.4 is 0 Å². The van der Waals surface area contributed by atoms with E-state index in [1.807, 2.05) is 0 Å². The molecule has 1 aliphatic heterocycles. The Bertz CT molecular complexity index is 306. The fourth-order valence-corrected chi connectivity index (χ4v) is 3.32. The van der Waals surface area contributed by atoms with Gasteiger partial charge in [-0.1, -0.05) is 13.8 Å². The number of hydrogen-bond acceptors (Lipinski definition) is 3. The van der Waals surface area contributed by atoms with Crippen LogP contribution in [0.3, 0.4) is 0 Å². The van der Waals surface area contributed by atoms with Gasteiger partial charge >= 0.3 is 0 Å². The number of carbonyl (C=O) groups is 1. The summed E-state index contributed by atoms with van der Waals surface area (Å²) in [6, 6.07) is 0. The molecule has 0 radical (unpaired) electrons. The first-order valence-corrected chi connectivity index (χ1v) is 7.68. The highest BCUT2D eigenvalue weighted by Gasteiger charge is 2.43. The highest BCUT2D eigenvalue weighted by molar-refractivity contribution is 5.87. The summed E-state index contributed by atoms with van der Waals surface area (Å²) in [7, 11) is 1.70. The maximum absolute atomic E-state index is 12.5. The molecule has 110 valence electrons. The molecule has 1 heterocycles. The first-order valence-electron chi connectivity index (χ1n) is 7.68. The van der Waals surface area contributed by atoms with Crippen LogP contribution in [-0.2, 0) is 14.3 Å². The van der Waals surface area contributed by atoms with Crippen molar-refractivity contribution in [3.05, 3.63) is 0 Å². The van der Waals surface area contributed by atoms with Crippen LogP contribution >= 0.6 is 0 Å². The van der Waals surface area contributed by atoms with Gasteiger partial charge in [0.1, 0.15) is 5.60 Å². The molecule has 1 unspecified atom stereocenters. The van der Waals surface area contributed by atoms with Crippen LogP contribution in [-0.4, -0.2) is 31.2 Å². The molecule has 2 fully saturated rings. The van der Waals surface area contributed by atoms with E-state index in [4.69, 9.17) is 9.47 Å². The predicted octanol–water partition coefficient (Wildman–Crippen LogP) is 3.50. The first kappa shape index (κ1) is 15.0. The molecule has 1 saturated carbocycles. The van der Waals surface area contributed by atoms with E-state index in [9.17, 15) is 4.79 Å². The van der Waals surface area contributed by atoms with Crippen molar-refractivity contribution in [2.24, 2.45) is 5.41 Å². The maximum Gasteiger partial charge on any atom is 0.164 e. The van der Waals surface area contributed by atoms with E-state index in [-0.39, 0.29) is 0 Å². The predicted molar refractivity (Wildman–Crippen MR) is 75.2 cm³/mol. The van der Waals surface area contributed by atoms with E-state index in [1.54, 1.807) is 7.11 Å². The van der Waals surface area contributed by atoms with Crippen molar-refractivity contribution < 1.29 is 14.3 Å². The topological polar surface area (TPSA) is 35.5 Å². The van der Waals surface area contributed by atoms with E-state index in [0.29, 0.717) is 23.7 Å². The van der Waals surface area contributed by atoms with Crippen LogP contribution in [0.5, 0.6) is 0 Å². The van der Waals surface area contributed by atoms with E-state index in [2.05, 4.69) is 13.8 Å². The molecule has 0 spiro atoms. The monoisotopic (exact) mass is 268 g/mol. The molecule has 0 aromatic rings. The van der Waals surface area contributed by atoms with E-state index >= 15 is 0 Å². The van der Waals surface area contributed by atoms with Crippen LogP contribution in [0, 0.1) is 5.41 Å². The van der Waals surface area contributed by atoms with E-state index in [0.717, 1.165) is 51.6 Å². The first-order chi connectivity index (χ1) is 8.97. The number of hydrogen-bond donors (Lipinski definition) is 0. The molecule has 1 saturated heterocycles. The number of methoxy groups -OCH3 is 1. The lowest BCUT2D eigenvalue weighted by molar-refractivity contribution is -0.148. The van der Waals surface area contributed by atoms with Crippen molar-refractivity contribution in [2.75, 3.05) is 13.7 Å². The number of Topliss-reactive ketones (excluding diaryl/α,β-unsaturated/α-hetero) is 1. The summed E-state index contributed by atoms with van der Waals surface area (Å²) in [5.41, 5.74) is -0.148. The molecule has 0 bridgehead atoms.